The average molecular weight is 377 g/mol. The first-order valence-electron chi connectivity index (χ1n) is 8.90. The summed E-state index contributed by atoms with van der Waals surface area (Å²) in [5.41, 5.74) is 1.82. The molecule has 0 unspecified atom stereocenters. The number of nitrogens with zero attached hydrogens (tertiary/aromatic N) is 2. The summed E-state index contributed by atoms with van der Waals surface area (Å²) in [6, 6.07) is 16.1. The van der Waals surface area contributed by atoms with Gasteiger partial charge in [-0.2, -0.15) is 0 Å². The topological polar surface area (TPSA) is 84.7 Å². The van der Waals surface area contributed by atoms with E-state index in [0.29, 0.717) is 23.7 Å². The summed E-state index contributed by atoms with van der Waals surface area (Å²) in [5, 5.41) is 2.69. The van der Waals surface area contributed by atoms with Crippen LogP contribution in [0.1, 0.15) is 21.9 Å². The van der Waals surface area contributed by atoms with Crippen LogP contribution < -0.4 is 15.0 Å². The number of nitrogens with one attached hydrogen (secondary N) is 1. The van der Waals surface area contributed by atoms with Gasteiger partial charge in [0.1, 0.15) is 24.7 Å². The maximum absolute atomic E-state index is 12.7. The van der Waals surface area contributed by atoms with Gasteiger partial charge in [0.2, 0.25) is 0 Å². The fourth-order valence-corrected chi connectivity index (χ4v) is 3.06. The lowest BCUT2D eigenvalue weighted by atomic mass is 10.1. The molecule has 0 aliphatic carbocycles. The third kappa shape index (κ3) is 3.59. The van der Waals surface area contributed by atoms with E-state index in [4.69, 9.17) is 9.15 Å². The molecule has 1 N–H and O–H groups in total. The van der Waals surface area contributed by atoms with Gasteiger partial charge in [-0.15, -0.1) is 0 Å². The van der Waals surface area contributed by atoms with Crippen LogP contribution >= 0.6 is 0 Å². The van der Waals surface area contributed by atoms with Crippen LogP contribution in [0.3, 0.4) is 0 Å². The summed E-state index contributed by atoms with van der Waals surface area (Å²) in [6.45, 7) is 0.0423. The van der Waals surface area contributed by atoms with Gasteiger partial charge < -0.3 is 19.4 Å². The molecule has 0 saturated heterocycles. The minimum Gasteiger partial charge on any atom is -0.489 e. The van der Waals surface area contributed by atoms with Gasteiger partial charge in [0.05, 0.1) is 5.69 Å². The quantitative estimate of drug-likeness (QED) is 0.755. The van der Waals surface area contributed by atoms with E-state index >= 15 is 0 Å². The first-order chi connectivity index (χ1) is 13.6. The highest BCUT2D eigenvalue weighted by Crippen LogP contribution is 2.29. The molecule has 0 radical (unpaired) electrons. The Labute approximate surface area is 161 Å². The molecule has 1 aliphatic heterocycles. The highest BCUT2D eigenvalue weighted by atomic mass is 16.5. The van der Waals surface area contributed by atoms with E-state index in [2.05, 4.69) is 10.3 Å². The Kier molecular flexibility index (Phi) is 4.80. The second kappa shape index (κ2) is 7.56. The summed E-state index contributed by atoms with van der Waals surface area (Å²) in [6.07, 6.45) is 1.78. The number of carbonyl (C=O) groups is 2. The van der Waals surface area contributed by atoms with Crippen LogP contribution in [-0.2, 0) is 11.2 Å². The van der Waals surface area contributed by atoms with Crippen molar-refractivity contribution in [2.24, 2.45) is 0 Å². The van der Waals surface area contributed by atoms with Crippen LogP contribution in [0.4, 0.5) is 5.69 Å². The predicted molar refractivity (Wildman–Crippen MR) is 102 cm³/mol. The number of aromatic nitrogens is 1. The lowest BCUT2D eigenvalue weighted by Crippen LogP contribution is -2.49. The Balaban J connectivity index is 1.45. The Morgan fingerprint density at radius 1 is 1.18 bits per heavy atom. The zero-order valence-corrected chi connectivity index (χ0v) is 15.3. The van der Waals surface area contributed by atoms with Crippen molar-refractivity contribution in [3.8, 4) is 5.75 Å². The van der Waals surface area contributed by atoms with E-state index in [1.165, 1.54) is 11.2 Å². The number of ether oxygens (including phenoxy) is 1. The number of benzene rings is 2. The maximum Gasteiger partial charge on any atom is 0.273 e. The molecular formula is C21H19N3O4. The molecule has 2 heterocycles. The highest BCUT2D eigenvalue weighted by Gasteiger charge is 2.31. The Hall–Kier alpha value is -3.61. The number of hydrogen-bond donors (Lipinski definition) is 1. The van der Waals surface area contributed by atoms with E-state index in [1.54, 1.807) is 19.2 Å². The Morgan fingerprint density at radius 2 is 1.93 bits per heavy atom. The SMILES string of the molecule is CN1C(=O)[C@@H](NC(=O)c2coc(Cc3ccccc3)n2)COc2ccccc21. The van der Waals surface area contributed by atoms with E-state index in [-0.39, 0.29) is 18.2 Å². The molecule has 28 heavy (non-hydrogen) atoms. The molecule has 0 spiro atoms. The molecule has 1 aromatic heterocycles. The van der Waals surface area contributed by atoms with Gasteiger partial charge in [0.15, 0.2) is 11.6 Å². The summed E-state index contributed by atoms with van der Waals surface area (Å²) in [7, 11) is 1.66. The molecule has 1 aliphatic rings. The van der Waals surface area contributed by atoms with Crippen molar-refractivity contribution in [1.29, 1.82) is 0 Å². The minimum absolute atomic E-state index is 0.0423. The molecule has 142 valence electrons. The van der Waals surface area contributed by atoms with Gasteiger partial charge in [-0.05, 0) is 17.7 Å². The molecule has 0 bridgehead atoms. The van der Waals surface area contributed by atoms with Crippen LogP contribution in [0, 0.1) is 0 Å². The number of oxazole rings is 1. The Bertz CT molecular complexity index is 1000. The number of likely N-dealkylation sites (N-methyl/N-ethyl adjacent to an activating group) is 1. The molecular weight excluding hydrogens is 358 g/mol. The van der Waals surface area contributed by atoms with E-state index in [9.17, 15) is 9.59 Å². The van der Waals surface area contributed by atoms with Crippen molar-refractivity contribution in [2.45, 2.75) is 12.5 Å². The smallest absolute Gasteiger partial charge is 0.273 e. The minimum atomic E-state index is -0.820. The normalized spacial score (nSPS) is 16.1. The van der Waals surface area contributed by atoms with Gasteiger partial charge in [-0.25, -0.2) is 4.98 Å². The van der Waals surface area contributed by atoms with Crippen molar-refractivity contribution < 1.29 is 18.7 Å². The van der Waals surface area contributed by atoms with Gasteiger partial charge >= 0.3 is 0 Å². The van der Waals surface area contributed by atoms with E-state index in [0.717, 1.165) is 5.56 Å². The third-order valence-corrected chi connectivity index (χ3v) is 4.55. The van der Waals surface area contributed by atoms with Crippen molar-refractivity contribution in [2.75, 3.05) is 18.6 Å². The molecule has 0 fully saturated rings. The van der Waals surface area contributed by atoms with Crippen LogP contribution in [-0.4, -0.2) is 36.5 Å². The number of carbonyl (C=O) groups excluding carboxylic acids is 2. The van der Waals surface area contributed by atoms with Gasteiger partial charge in [-0.3, -0.25) is 9.59 Å². The summed E-state index contributed by atoms with van der Waals surface area (Å²) in [4.78, 5) is 31.0. The van der Waals surface area contributed by atoms with Crippen molar-refractivity contribution in [3.05, 3.63) is 78.0 Å². The molecule has 0 saturated carbocycles. The fraction of sp³-hybridized carbons (Fsp3) is 0.190. The second-order valence-electron chi connectivity index (χ2n) is 6.49. The average Bonchev–Trinajstić information content (AvgIpc) is 3.15. The van der Waals surface area contributed by atoms with Crippen LogP contribution in [0.15, 0.2) is 65.3 Å². The van der Waals surface area contributed by atoms with Gasteiger partial charge in [-0.1, -0.05) is 42.5 Å². The number of hydrogen-bond acceptors (Lipinski definition) is 5. The largest absolute Gasteiger partial charge is 0.489 e. The third-order valence-electron chi connectivity index (χ3n) is 4.55. The second-order valence-corrected chi connectivity index (χ2v) is 6.49. The van der Waals surface area contributed by atoms with Crippen molar-refractivity contribution in [3.63, 3.8) is 0 Å². The number of para-hydroxylation sites is 2. The number of amides is 2. The van der Waals surface area contributed by atoms with Crippen molar-refractivity contribution in [1.82, 2.24) is 10.3 Å². The highest BCUT2D eigenvalue weighted by molar-refractivity contribution is 6.02. The molecule has 4 rings (SSSR count). The number of fused-ring (bicyclic) bond motifs is 1. The molecule has 2 aromatic carbocycles. The van der Waals surface area contributed by atoms with Crippen LogP contribution in [0.5, 0.6) is 5.75 Å². The zero-order chi connectivity index (χ0) is 19.5. The van der Waals surface area contributed by atoms with Crippen molar-refractivity contribution >= 4 is 17.5 Å². The molecule has 7 heteroatoms. The zero-order valence-electron chi connectivity index (χ0n) is 15.3. The summed E-state index contributed by atoms with van der Waals surface area (Å²) >= 11 is 0. The first-order valence-corrected chi connectivity index (χ1v) is 8.90. The molecule has 2 amide bonds. The number of anilines is 1. The lowest BCUT2D eigenvalue weighted by molar-refractivity contribution is -0.120. The van der Waals surface area contributed by atoms with E-state index < -0.39 is 11.9 Å². The maximum atomic E-state index is 12.7. The monoisotopic (exact) mass is 377 g/mol. The van der Waals surface area contributed by atoms with Crippen LogP contribution in [0.2, 0.25) is 0 Å². The van der Waals surface area contributed by atoms with Gasteiger partial charge in [0, 0.05) is 13.5 Å². The lowest BCUT2D eigenvalue weighted by Gasteiger charge is -2.19. The molecule has 7 nitrogen and oxygen atoms in total. The Morgan fingerprint density at radius 3 is 2.75 bits per heavy atom. The van der Waals surface area contributed by atoms with Crippen LogP contribution in [0.25, 0.3) is 0 Å². The summed E-state index contributed by atoms with van der Waals surface area (Å²) in [5.74, 6) is 0.293. The summed E-state index contributed by atoms with van der Waals surface area (Å²) < 4.78 is 11.1. The fourth-order valence-electron chi connectivity index (χ4n) is 3.06. The van der Waals surface area contributed by atoms with Gasteiger partial charge in [0.25, 0.3) is 11.8 Å². The number of rotatable bonds is 4. The molecule has 1 atom stereocenters. The van der Waals surface area contributed by atoms with E-state index in [1.807, 2.05) is 42.5 Å². The predicted octanol–water partition coefficient (Wildman–Crippen LogP) is 2.42. The standard InChI is InChI=1S/C21H19N3O4/c1-24-17-9-5-6-10-18(17)27-13-16(21(24)26)23-20(25)15-12-28-19(22-15)11-14-7-3-2-4-8-14/h2-10,12,16H,11,13H2,1H3,(H,23,25)/t16-/m0/s1. The first kappa shape index (κ1) is 17.8. The molecule has 3 aromatic rings.